The van der Waals surface area contributed by atoms with Gasteiger partial charge in [-0.05, 0) is 18.1 Å². The molecule has 0 spiro atoms. The zero-order valence-corrected chi connectivity index (χ0v) is 11.2. The molecule has 0 saturated heterocycles. The molecular formula is C13H14N4O3. The molecule has 2 rings (SSSR count). The van der Waals surface area contributed by atoms with Gasteiger partial charge < -0.3 is 10.1 Å². The zero-order chi connectivity index (χ0) is 14.5. The largest absolute Gasteiger partial charge is 0.433 e. The molecule has 20 heavy (non-hydrogen) atoms. The molecule has 0 aliphatic rings. The van der Waals surface area contributed by atoms with E-state index in [1.807, 2.05) is 19.1 Å². The molecule has 0 unspecified atom stereocenters. The molecule has 1 N–H and O–H groups in total. The van der Waals surface area contributed by atoms with Gasteiger partial charge in [-0.15, -0.1) is 0 Å². The number of aryl methyl sites for hydroxylation is 1. The first-order chi connectivity index (χ1) is 9.65. The Balaban J connectivity index is 2.43. The van der Waals surface area contributed by atoms with Gasteiger partial charge in [0, 0.05) is 7.05 Å². The third-order valence-electron chi connectivity index (χ3n) is 2.72. The highest BCUT2D eigenvalue weighted by atomic mass is 16.6. The van der Waals surface area contributed by atoms with Gasteiger partial charge in [-0.25, -0.2) is 4.98 Å². The molecule has 1 aromatic heterocycles. The maximum atomic E-state index is 11.0. The molecule has 1 aromatic carbocycles. The number of hydrogen-bond acceptors (Lipinski definition) is 6. The Kier molecular flexibility index (Phi) is 4.09. The molecule has 0 bridgehead atoms. The first-order valence-corrected chi connectivity index (χ1v) is 6.10. The molecule has 0 amide bonds. The van der Waals surface area contributed by atoms with Crippen LogP contribution in [-0.2, 0) is 6.42 Å². The Hall–Kier alpha value is -2.70. The van der Waals surface area contributed by atoms with Crippen LogP contribution in [0.4, 0.5) is 11.6 Å². The molecule has 1 heterocycles. The number of ether oxygens (including phenoxy) is 1. The van der Waals surface area contributed by atoms with Crippen molar-refractivity contribution >= 4 is 11.6 Å². The quantitative estimate of drug-likeness (QED) is 0.666. The molecule has 104 valence electrons. The second kappa shape index (κ2) is 5.96. The van der Waals surface area contributed by atoms with Gasteiger partial charge in [0.1, 0.15) is 11.9 Å². The minimum absolute atomic E-state index is 0.0738. The fraction of sp³-hybridized carbons (Fsp3) is 0.231. The summed E-state index contributed by atoms with van der Waals surface area (Å²) in [5.74, 6) is 0.744. The molecule has 7 nitrogen and oxygen atoms in total. The second-order valence-corrected chi connectivity index (χ2v) is 3.95. The van der Waals surface area contributed by atoms with Crippen molar-refractivity contribution in [2.75, 3.05) is 12.4 Å². The van der Waals surface area contributed by atoms with Gasteiger partial charge in [0.05, 0.1) is 4.92 Å². The molecule has 2 aromatic rings. The molecule has 7 heteroatoms. The molecule has 0 saturated carbocycles. The fourth-order valence-electron chi connectivity index (χ4n) is 1.68. The highest BCUT2D eigenvalue weighted by molar-refractivity contribution is 5.46. The molecule has 0 aliphatic heterocycles. The number of anilines is 1. The number of nitrogens with zero attached hydrogens (tertiary/aromatic N) is 3. The maximum Gasteiger partial charge on any atom is 0.349 e. The molecule has 0 aliphatic carbocycles. The minimum atomic E-state index is -0.566. The van der Waals surface area contributed by atoms with Crippen LogP contribution in [-0.4, -0.2) is 21.9 Å². The van der Waals surface area contributed by atoms with Crippen LogP contribution in [0.5, 0.6) is 11.6 Å². The van der Waals surface area contributed by atoms with Crippen molar-refractivity contribution in [3.05, 3.63) is 46.1 Å². The molecule has 0 radical (unpaired) electrons. The summed E-state index contributed by atoms with van der Waals surface area (Å²) in [4.78, 5) is 18.2. The summed E-state index contributed by atoms with van der Waals surface area (Å²) < 4.78 is 5.60. The van der Waals surface area contributed by atoms with E-state index in [0.29, 0.717) is 5.75 Å². The normalized spacial score (nSPS) is 10.1. The van der Waals surface area contributed by atoms with Gasteiger partial charge in [0.2, 0.25) is 5.95 Å². The Morgan fingerprint density at radius 3 is 2.80 bits per heavy atom. The van der Waals surface area contributed by atoms with Crippen molar-refractivity contribution in [3.8, 4) is 11.6 Å². The summed E-state index contributed by atoms with van der Waals surface area (Å²) in [5.41, 5.74) is 0.682. The standard InChI is InChI=1S/C13H14N4O3/c1-3-9-6-4-5-7-11(9)20-12-10(17(18)19)8-15-13(14-2)16-12/h4-8H,3H2,1-2H3,(H,14,15,16). The minimum Gasteiger partial charge on any atom is -0.433 e. The second-order valence-electron chi connectivity index (χ2n) is 3.95. The SMILES string of the molecule is CCc1ccccc1Oc1nc(NC)ncc1[N+](=O)[O-]. The number of nitro groups is 1. The van der Waals surface area contributed by atoms with Gasteiger partial charge in [0.25, 0.3) is 0 Å². The number of benzene rings is 1. The van der Waals surface area contributed by atoms with Gasteiger partial charge in [-0.1, -0.05) is 25.1 Å². The summed E-state index contributed by atoms with van der Waals surface area (Å²) >= 11 is 0. The maximum absolute atomic E-state index is 11.0. The molecule has 0 fully saturated rings. The van der Waals surface area contributed by atoms with E-state index >= 15 is 0 Å². The third kappa shape index (κ3) is 2.82. The number of rotatable bonds is 5. The lowest BCUT2D eigenvalue weighted by Crippen LogP contribution is -2.02. The first kappa shape index (κ1) is 13.7. The zero-order valence-electron chi connectivity index (χ0n) is 11.2. The highest BCUT2D eigenvalue weighted by Gasteiger charge is 2.20. The van der Waals surface area contributed by atoms with Crippen LogP contribution in [0.15, 0.2) is 30.5 Å². The van der Waals surface area contributed by atoms with Crippen LogP contribution in [0.25, 0.3) is 0 Å². The summed E-state index contributed by atoms with van der Waals surface area (Å²) in [6.45, 7) is 1.98. The lowest BCUT2D eigenvalue weighted by Gasteiger charge is -2.09. The average molecular weight is 274 g/mol. The lowest BCUT2D eigenvalue weighted by atomic mass is 10.1. The van der Waals surface area contributed by atoms with Crippen LogP contribution < -0.4 is 10.1 Å². The first-order valence-electron chi connectivity index (χ1n) is 6.10. The van der Waals surface area contributed by atoms with Gasteiger partial charge in [-0.2, -0.15) is 4.98 Å². The van der Waals surface area contributed by atoms with E-state index in [1.54, 1.807) is 19.2 Å². The topological polar surface area (TPSA) is 90.2 Å². The fourth-order valence-corrected chi connectivity index (χ4v) is 1.68. The van der Waals surface area contributed by atoms with E-state index in [2.05, 4.69) is 15.3 Å². The van der Waals surface area contributed by atoms with Crippen molar-refractivity contribution in [2.45, 2.75) is 13.3 Å². The Labute approximate surface area is 115 Å². The van der Waals surface area contributed by atoms with Crippen molar-refractivity contribution in [1.29, 1.82) is 0 Å². The third-order valence-corrected chi connectivity index (χ3v) is 2.72. The summed E-state index contributed by atoms with van der Waals surface area (Å²) in [5, 5.41) is 13.7. The molecular weight excluding hydrogens is 260 g/mol. The Morgan fingerprint density at radius 1 is 1.40 bits per heavy atom. The van der Waals surface area contributed by atoms with Crippen LogP contribution in [0.1, 0.15) is 12.5 Å². The summed E-state index contributed by atoms with van der Waals surface area (Å²) in [6, 6.07) is 7.35. The van der Waals surface area contributed by atoms with Gasteiger partial charge >= 0.3 is 11.6 Å². The van der Waals surface area contributed by atoms with Crippen molar-refractivity contribution in [2.24, 2.45) is 0 Å². The number of hydrogen-bond donors (Lipinski definition) is 1. The van der Waals surface area contributed by atoms with E-state index in [4.69, 9.17) is 4.74 Å². The summed E-state index contributed by atoms with van der Waals surface area (Å²) in [6.07, 6.45) is 1.89. The van der Waals surface area contributed by atoms with E-state index in [1.165, 1.54) is 0 Å². The van der Waals surface area contributed by atoms with Crippen molar-refractivity contribution in [3.63, 3.8) is 0 Å². The van der Waals surface area contributed by atoms with Gasteiger partial charge in [-0.3, -0.25) is 10.1 Å². The highest BCUT2D eigenvalue weighted by Crippen LogP contribution is 2.31. The number of nitrogens with one attached hydrogen (secondary N) is 1. The Bertz CT molecular complexity index is 631. The van der Waals surface area contributed by atoms with Gasteiger partial charge in [0.15, 0.2) is 0 Å². The number of aromatic nitrogens is 2. The smallest absolute Gasteiger partial charge is 0.349 e. The van der Waals surface area contributed by atoms with Crippen LogP contribution in [0, 0.1) is 10.1 Å². The summed E-state index contributed by atoms with van der Waals surface area (Å²) in [7, 11) is 1.63. The monoisotopic (exact) mass is 274 g/mol. The predicted molar refractivity (Wildman–Crippen MR) is 74.1 cm³/mol. The predicted octanol–water partition coefficient (Wildman–Crippen LogP) is 2.78. The van der Waals surface area contributed by atoms with Crippen LogP contribution in [0.2, 0.25) is 0 Å². The Morgan fingerprint density at radius 2 is 2.15 bits per heavy atom. The van der Waals surface area contributed by atoms with Crippen LogP contribution >= 0.6 is 0 Å². The van der Waals surface area contributed by atoms with E-state index in [-0.39, 0.29) is 17.5 Å². The average Bonchev–Trinajstić information content (AvgIpc) is 2.47. The van der Waals surface area contributed by atoms with E-state index in [0.717, 1.165) is 18.2 Å². The lowest BCUT2D eigenvalue weighted by molar-refractivity contribution is -0.386. The van der Waals surface area contributed by atoms with Crippen molar-refractivity contribution in [1.82, 2.24) is 9.97 Å². The number of para-hydroxylation sites is 1. The van der Waals surface area contributed by atoms with E-state index < -0.39 is 4.92 Å². The van der Waals surface area contributed by atoms with Crippen molar-refractivity contribution < 1.29 is 9.66 Å². The van der Waals surface area contributed by atoms with E-state index in [9.17, 15) is 10.1 Å². The molecule has 0 atom stereocenters. The van der Waals surface area contributed by atoms with Crippen LogP contribution in [0.3, 0.4) is 0 Å².